The van der Waals surface area contributed by atoms with Crippen LogP contribution < -0.4 is 0 Å². The molecule has 2 atom stereocenters. The molecule has 5 nitrogen and oxygen atoms in total. The number of ether oxygens (including phenoxy) is 1. The molecule has 1 aromatic rings. The summed E-state index contributed by atoms with van der Waals surface area (Å²) >= 11 is 0. The lowest BCUT2D eigenvalue weighted by molar-refractivity contribution is 0.0408. The Balaban J connectivity index is 1.75. The summed E-state index contributed by atoms with van der Waals surface area (Å²) in [4.78, 5) is 19.2. The highest BCUT2D eigenvalue weighted by Crippen LogP contribution is 2.26. The first-order valence-electron chi connectivity index (χ1n) is 8.50. The van der Waals surface area contributed by atoms with Crippen LogP contribution in [-0.4, -0.2) is 79.8 Å². The van der Waals surface area contributed by atoms with Gasteiger partial charge in [-0.3, -0.25) is 0 Å². The predicted molar refractivity (Wildman–Crippen MR) is 90.5 cm³/mol. The van der Waals surface area contributed by atoms with Crippen molar-refractivity contribution in [3.05, 3.63) is 35.9 Å². The standard InChI is InChI=1S/C18H27N3O2/c1-19(2)16-8-9-21(18(22)20-10-12-23-13-11-20)17(16)14-15-6-4-3-5-7-15/h3-7,16-17H,8-14H2,1-2H3/t16-,17+/m1/s1. The van der Waals surface area contributed by atoms with Crippen LogP contribution in [0.3, 0.4) is 0 Å². The number of carbonyl (C=O) groups excluding carboxylic acids is 1. The molecule has 2 amide bonds. The molecule has 2 saturated heterocycles. The number of hydrogen-bond donors (Lipinski definition) is 0. The number of morpholine rings is 1. The minimum absolute atomic E-state index is 0.179. The van der Waals surface area contributed by atoms with Crippen LogP contribution in [0.1, 0.15) is 12.0 Å². The van der Waals surface area contributed by atoms with E-state index in [0.29, 0.717) is 32.3 Å². The summed E-state index contributed by atoms with van der Waals surface area (Å²) in [5.74, 6) is 0. The molecular formula is C18H27N3O2. The van der Waals surface area contributed by atoms with Gasteiger partial charge in [-0.05, 0) is 32.5 Å². The zero-order valence-electron chi connectivity index (χ0n) is 14.1. The largest absolute Gasteiger partial charge is 0.378 e. The Bertz CT molecular complexity index is 514. The van der Waals surface area contributed by atoms with Crippen molar-refractivity contribution >= 4 is 6.03 Å². The number of carbonyl (C=O) groups is 1. The van der Waals surface area contributed by atoms with Gasteiger partial charge in [-0.1, -0.05) is 30.3 Å². The maximum Gasteiger partial charge on any atom is 0.320 e. The fourth-order valence-corrected chi connectivity index (χ4v) is 3.72. The molecule has 3 rings (SSSR count). The number of hydrogen-bond acceptors (Lipinski definition) is 3. The van der Waals surface area contributed by atoms with E-state index in [1.807, 2.05) is 11.0 Å². The van der Waals surface area contributed by atoms with Gasteiger partial charge in [0.15, 0.2) is 0 Å². The Morgan fingerprint density at radius 3 is 2.52 bits per heavy atom. The van der Waals surface area contributed by atoms with Crippen molar-refractivity contribution in [3.8, 4) is 0 Å². The van der Waals surface area contributed by atoms with E-state index in [1.165, 1.54) is 5.56 Å². The predicted octanol–water partition coefficient (Wildman–Crippen LogP) is 1.69. The molecule has 2 aliphatic heterocycles. The van der Waals surface area contributed by atoms with Crippen LogP contribution in [0.4, 0.5) is 4.79 Å². The summed E-state index contributed by atoms with van der Waals surface area (Å²) in [6, 6.07) is 11.3. The number of rotatable bonds is 3. The molecule has 126 valence electrons. The molecule has 0 unspecified atom stereocenters. The summed E-state index contributed by atoms with van der Waals surface area (Å²) in [6.07, 6.45) is 1.96. The molecular weight excluding hydrogens is 290 g/mol. The van der Waals surface area contributed by atoms with Crippen molar-refractivity contribution in [1.29, 1.82) is 0 Å². The van der Waals surface area contributed by atoms with E-state index >= 15 is 0 Å². The Labute approximate surface area is 138 Å². The monoisotopic (exact) mass is 317 g/mol. The zero-order valence-corrected chi connectivity index (χ0v) is 14.1. The lowest BCUT2D eigenvalue weighted by atomic mass is 9.99. The van der Waals surface area contributed by atoms with E-state index < -0.39 is 0 Å². The van der Waals surface area contributed by atoms with E-state index in [1.54, 1.807) is 0 Å². The van der Waals surface area contributed by atoms with Crippen molar-refractivity contribution in [3.63, 3.8) is 0 Å². The fourth-order valence-electron chi connectivity index (χ4n) is 3.72. The number of benzene rings is 1. The highest BCUT2D eigenvalue weighted by molar-refractivity contribution is 5.75. The molecule has 0 radical (unpaired) electrons. The van der Waals surface area contributed by atoms with Gasteiger partial charge in [0.05, 0.1) is 19.3 Å². The van der Waals surface area contributed by atoms with Gasteiger partial charge in [0.1, 0.15) is 0 Å². The van der Waals surface area contributed by atoms with Crippen molar-refractivity contribution in [2.75, 3.05) is 46.9 Å². The van der Waals surface area contributed by atoms with Crippen molar-refractivity contribution in [2.45, 2.75) is 24.9 Å². The van der Waals surface area contributed by atoms with Gasteiger partial charge >= 0.3 is 6.03 Å². The Kier molecular flexibility index (Phi) is 5.18. The van der Waals surface area contributed by atoms with Crippen LogP contribution in [0.5, 0.6) is 0 Å². The number of likely N-dealkylation sites (N-methyl/N-ethyl adjacent to an activating group) is 1. The van der Waals surface area contributed by atoms with Gasteiger partial charge in [-0.25, -0.2) is 4.79 Å². The van der Waals surface area contributed by atoms with Gasteiger partial charge < -0.3 is 19.4 Å². The van der Waals surface area contributed by atoms with Crippen molar-refractivity contribution in [1.82, 2.24) is 14.7 Å². The first-order chi connectivity index (χ1) is 11.2. The normalized spacial score (nSPS) is 25.2. The quantitative estimate of drug-likeness (QED) is 0.851. The number of likely N-dealkylation sites (tertiary alicyclic amines) is 1. The molecule has 5 heteroatoms. The van der Waals surface area contributed by atoms with Crippen molar-refractivity contribution in [2.24, 2.45) is 0 Å². The second-order valence-electron chi connectivity index (χ2n) is 6.65. The van der Waals surface area contributed by atoms with Crippen LogP contribution in [0.2, 0.25) is 0 Å². The lowest BCUT2D eigenvalue weighted by Gasteiger charge is -2.36. The maximum absolute atomic E-state index is 12.9. The molecule has 0 bridgehead atoms. The average molecular weight is 317 g/mol. The number of urea groups is 1. The van der Waals surface area contributed by atoms with E-state index in [4.69, 9.17) is 4.74 Å². The van der Waals surface area contributed by atoms with Gasteiger partial charge in [0.25, 0.3) is 0 Å². The summed E-state index contributed by atoms with van der Waals surface area (Å²) < 4.78 is 5.37. The maximum atomic E-state index is 12.9. The molecule has 0 aliphatic carbocycles. The third-order valence-electron chi connectivity index (χ3n) is 4.99. The molecule has 1 aromatic carbocycles. The molecule has 2 fully saturated rings. The van der Waals surface area contributed by atoms with E-state index in [9.17, 15) is 4.79 Å². The van der Waals surface area contributed by atoms with Crippen LogP contribution in [0.15, 0.2) is 30.3 Å². The smallest absolute Gasteiger partial charge is 0.320 e. The molecule has 0 N–H and O–H groups in total. The van der Waals surface area contributed by atoms with Crippen molar-refractivity contribution < 1.29 is 9.53 Å². The molecule has 0 spiro atoms. The highest BCUT2D eigenvalue weighted by Gasteiger charge is 2.39. The second kappa shape index (κ2) is 7.32. The third-order valence-corrected chi connectivity index (χ3v) is 4.99. The first-order valence-corrected chi connectivity index (χ1v) is 8.50. The van der Waals surface area contributed by atoms with Gasteiger partial charge in [-0.15, -0.1) is 0 Å². The van der Waals surface area contributed by atoms with E-state index in [-0.39, 0.29) is 12.1 Å². The van der Waals surface area contributed by atoms with E-state index in [2.05, 4.69) is 48.2 Å². The summed E-state index contributed by atoms with van der Waals surface area (Å²) in [6.45, 7) is 3.57. The zero-order chi connectivity index (χ0) is 16.2. The minimum atomic E-state index is 0.179. The minimum Gasteiger partial charge on any atom is -0.378 e. The number of amides is 2. The molecule has 2 heterocycles. The summed E-state index contributed by atoms with van der Waals surface area (Å²) in [7, 11) is 4.23. The van der Waals surface area contributed by atoms with Gasteiger partial charge in [0, 0.05) is 25.7 Å². The van der Waals surface area contributed by atoms with Gasteiger partial charge in [0.2, 0.25) is 0 Å². The number of nitrogens with zero attached hydrogens (tertiary/aromatic N) is 3. The second-order valence-corrected chi connectivity index (χ2v) is 6.65. The fraction of sp³-hybridized carbons (Fsp3) is 0.611. The lowest BCUT2D eigenvalue weighted by Crippen LogP contribution is -2.52. The third kappa shape index (κ3) is 3.67. The Hall–Kier alpha value is -1.59. The Morgan fingerprint density at radius 1 is 1.17 bits per heavy atom. The van der Waals surface area contributed by atoms with Crippen LogP contribution in [-0.2, 0) is 11.2 Å². The van der Waals surface area contributed by atoms with Crippen LogP contribution >= 0.6 is 0 Å². The van der Waals surface area contributed by atoms with E-state index in [0.717, 1.165) is 19.4 Å². The molecule has 0 saturated carbocycles. The van der Waals surface area contributed by atoms with Crippen LogP contribution in [0, 0.1) is 0 Å². The molecule has 23 heavy (non-hydrogen) atoms. The molecule has 0 aromatic heterocycles. The van der Waals surface area contributed by atoms with Crippen LogP contribution in [0.25, 0.3) is 0 Å². The Morgan fingerprint density at radius 2 is 1.87 bits per heavy atom. The SMILES string of the molecule is CN(C)[C@@H]1CCN(C(=O)N2CCOCC2)[C@H]1Cc1ccccc1. The molecule has 2 aliphatic rings. The summed E-state index contributed by atoms with van der Waals surface area (Å²) in [5, 5.41) is 0. The van der Waals surface area contributed by atoms with Gasteiger partial charge in [-0.2, -0.15) is 0 Å². The first kappa shape index (κ1) is 16.3. The summed E-state index contributed by atoms with van der Waals surface area (Å²) in [5.41, 5.74) is 1.30. The average Bonchev–Trinajstić information content (AvgIpc) is 2.99. The topological polar surface area (TPSA) is 36.0 Å². The highest BCUT2D eigenvalue weighted by atomic mass is 16.5.